The maximum atomic E-state index is 5.94. The van der Waals surface area contributed by atoms with Crippen LogP contribution in [0.5, 0.6) is 5.75 Å². The minimum Gasteiger partial charge on any atom is -0.496 e. The summed E-state index contributed by atoms with van der Waals surface area (Å²) in [5, 5.41) is 0.638. The van der Waals surface area contributed by atoms with Crippen LogP contribution in [0.2, 0.25) is 5.02 Å². The summed E-state index contributed by atoms with van der Waals surface area (Å²) in [5.74, 6) is 0.702. The van der Waals surface area contributed by atoms with Crippen molar-refractivity contribution in [2.24, 2.45) is 5.73 Å². The fourth-order valence-electron chi connectivity index (χ4n) is 1.21. The third-order valence-corrected chi connectivity index (χ3v) is 2.30. The molecule has 0 saturated carbocycles. The number of nitrogens with two attached hydrogens (primary N) is 1. The van der Waals surface area contributed by atoms with Crippen LogP contribution >= 0.6 is 11.6 Å². The number of rotatable bonds is 3. The molecule has 1 aromatic carbocycles. The Kier molecular flexibility index (Phi) is 3.55. The maximum Gasteiger partial charge on any atom is 0.125 e. The molecular formula is C11H14ClNO. The molecular weight excluding hydrogens is 198 g/mol. The summed E-state index contributed by atoms with van der Waals surface area (Å²) < 4.78 is 5.19. The Bertz CT molecular complexity index is 349. The average molecular weight is 212 g/mol. The molecule has 0 aromatic heterocycles. The molecule has 1 rings (SSSR count). The molecule has 76 valence electrons. The number of hydrogen-bond acceptors (Lipinski definition) is 2. The van der Waals surface area contributed by atoms with Gasteiger partial charge in [-0.05, 0) is 19.1 Å². The van der Waals surface area contributed by atoms with E-state index in [2.05, 4.69) is 6.58 Å². The predicted octanol–water partition coefficient (Wildman–Crippen LogP) is 2.92. The molecule has 0 fully saturated rings. The quantitative estimate of drug-likeness (QED) is 0.781. The number of methoxy groups -OCH3 is 1. The Balaban J connectivity index is 3.13. The van der Waals surface area contributed by atoms with E-state index >= 15 is 0 Å². The highest BCUT2D eigenvalue weighted by atomic mass is 35.5. The highest BCUT2D eigenvalue weighted by Crippen LogP contribution is 2.29. The van der Waals surface area contributed by atoms with Crippen LogP contribution in [0.3, 0.4) is 0 Å². The van der Waals surface area contributed by atoms with Gasteiger partial charge >= 0.3 is 0 Å². The summed E-state index contributed by atoms with van der Waals surface area (Å²) in [7, 11) is 1.60. The Morgan fingerprint density at radius 2 is 2.21 bits per heavy atom. The van der Waals surface area contributed by atoms with Gasteiger partial charge in [-0.15, -0.1) is 0 Å². The van der Waals surface area contributed by atoms with E-state index in [1.165, 1.54) is 0 Å². The van der Waals surface area contributed by atoms with Crippen LogP contribution in [-0.2, 0) is 0 Å². The summed E-state index contributed by atoms with van der Waals surface area (Å²) >= 11 is 5.84. The largest absolute Gasteiger partial charge is 0.496 e. The van der Waals surface area contributed by atoms with Crippen molar-refractivity contribution >= 4 is 11.6 Å². The van der Waals surface area contributed by atoms with E-state index in [1.807, 2.05) is 13.0 Å². The second-order valence-electron chi connectivity index (χ2n) is 3.21. The lowest BCUT2D eigenvalue weighted by Crippen LogP contribution is -2.12. The predicted molar refractivity (Wildman–Crippen MR) is 59.7 cm³/mol. The van der Waals surface area contributed by atoms with Gasteiger partial charge in [0.05, 0.1) is 13.2 Å². The average Bonchev–Trinajstić information content (AvgIpc) is 2.16. The standard InChI is InChI=1S/C11H14ClNO/c1-7(2)11(13)9-5-4-8(12)6-10(9)14-3/h4-6,11H,1,13H2,2-3H3. The minimum absolute atomic E-state index is 0.206. The first-order valence-electron chi connectivity index (χ1n) is 4.30. The van der Waals surface area contributed by atoms with Gasteiger partial charge in [-0.3, -0.25) is 0 Å². The summed E-state index contributed by atoms with van der Waals surface area (Å²) in [4.78, 5) is 0. The van der Waals surface area contributed by atoms with E-state index < -0.39 is 0 Å². The number of halogens is 1. The van der Waals surface area contributed by atoms with Crippen molar-refractivity contribution in [3.8, 4) is 5.75 Å². The Morgan fingerprint density at radius 1 is 1.57 bits per heavy atom. The highest BCUT2D eigenvalue weighted by molar-refractivity contribution is 6.30. The van der Waals surface area contributed by atoms with Crippen molar-refractivity contribution in [1.29, 1.82) is 0 Å². The van der Waals surface area contributed by atoms with Crippen LogP contribution in [0.4, 0.5) is 0 Å². The first kappa shape index (κ1) is 11.1. The fraction of sp³-hybridized carbons (Fsp3) is 0.273. The molecule has 14 heavy (non-hydrogen) atoms. The first-order valence-corrected chi connectivity index (χ1v) is 4.68. The van der Waals surface area contributed by atoms with E-state index in [-0.39, 0.29) is 6.04 Å². The maximum absolute atomic E-state index is 5.94. The summed E-state index contributed by atoms with van der Waals surface area (Å²) in [6.45, 7) is 5.70. The lowest BCUT2D eigenvalue weighted by molar-refractivity contribution is 0.407. The topological polar surface area (TPSA) is 35.2 Å². The van der Waals surface area contributed by atoms with Crippen LogP contribution in [0.15, 0.2) is 30.4 Å². The number of ether oxygens (including phenoxy) is 1. The van der Waals surface area contributed by atoms with Gasteiger partial charge in [-0.25, -0.2) is 0 Å². The summed E-state index contributed by atoms with van der Waals surface area (Å²) in [6.07, 6.45) is 0. The van der Waals surface area contributed by atoms with E-state index in [1.54, 1.807) is 19.2 Å². The molecule has 0 amide bonds. The number of hydrogen-bond donors (Lipinski definition) is 1. The molecule has 1 atom stereocenters. The zero-order valence-electron chi connectivity index (χ0n) is 8.38. The molecule has 0 radical (unpaired) electrons. The highest BCUT2D eigenvalue weighted by Gasteiger charge is 2.12. The molecule has 0 aliphatic rings. The molecule has 1 unspecified atom stereocenters. The summed E-state index contributed by atoms with van der Waals surface area (Å²) in [6, 6.07) is 5.20. The van der Waals surface area contributed by atoms with Gasteiger partial charge in [0.2, 0.25) is 0 Å². The molecule has 2 nitrogen and oxygen atoms in total. The third kappa shape index (κ3) is 2.28. The molecule has 0 bridgehead atoms. The van der Waals surface area contributed by atoms with Crippen molar-refractivity contribution in [2.75, 3.05) is 7.11 Å². The zero-order valence-corrected chi connectivity index (χ0v) is 9.14. The van der Waals surface area contributed by atoms with Crippen LogP contribution in [0.25, 0.3) is 0 Å². The fourth-order valence-corrected chi connectivity index (χ4v) is 1.37. The van der Waals surface area contributed by atoms with Gasteiger partial charge < -0.3 is 10.5 Å². The van der Waals surface area contributed by atoms with Crippen LogP contribution in [0, 0.1) is 0 Å². The second kappa shape index (κ2) is 4.49. The van der Waals surface area contributed by atoms with Crippen molar-refractivity contribution < 1.29 is 4.74 Å². The third-order valence-electron chi connectivity index (χ3n) is 2.06. The molecule has 0 saturated heterocycles. The molecule has 0 aliphatic heterocycles. The van der Waals surface area contributed by atoms with Gasteiger partial charge in [0.15, 0.2) is 0 Å². The minimum atomic E-state index is -0.206. The normalized spacial score (nSPS) is 12.3. The second-order valence-corrected chi connectivity index (χ2v) is 3.65. The lowest BCUT2D eigenvalue weighted by Gasteiger charge is -2.15. The van der Waals surface area contributed by atoms with Crippen LogP contribution < -0.4 is 10.5 Å². The Labute approximate surface area is 89.3 Å². The smallest absolute Gasteiger partial charge is 0.125 e. The molecule has 2 N–H and O–H groups in total. The monoisotopic (exact) mass is 211 g/mol. The number of benzene rings is 1. The molecule has 0 heterocycles. The molecule has 0 aliphatic carbocycles. The zero-order chi connectivity index (χ0) is 10.7. The van der Waals surface area contributed by atoms with Gasteiger partial charge in [0.1, 0.15) is 5.75 Å². The molecule has 1 aromatic rings. The summed E-state index contributed by atoms with van der Waals surface area (Å²) in [5.41, 5.74) is 7.74. The van der Waals surface area contributed by atoms with E-state index in [4.69, 9.17) is 22.1 Å². The van der Waals surface area contributed by atoms with E-state index in [0.717, 1.165) is 11.1 Å². The Morgan fingerprint density at radius 3 is 2.71 bits per heavy atom. The van der Waals surface area contributed by atoms with Crippen molar-refractivity contribution in [3.05, 3.63) is 40.9 Å². The van der Waals surface area contributed by atoms with Crippen LogP contribution in [0.1, 0.15) is 18.5 Å². The van der Waals surface area contributed by atoms with Crippen molar-refractivity contribution in [3.63, 3.8) is 0 Å². The van der Waals surface area contributed by atoms with Crippen molar-refractivity contribution in [1.82, 2.24) is 0 Å². The molecule has 0 spiro atoms. The van der Waals surface area contributed by atoms with Gasteiger partial charge in [0, 0.05) is 10.6 Å². The lowest BCUT2D eigenvalue weighted by atomic mass is 10.0. The Hall–Kier alpha value is -0.990. The molecule has 3 heteroatoms. The van der Waals surface area contributed by atoms with Gasteiger partial charge in [-0.2, -0.15) is 0 Å². The van der Waals surface area contributed by atoms with E-state index in [9.17, 15) is 0 Å². The van der Waals surface area contributed by atoms with Crippen molar-refractivity contribution in [2.45, 2.75) is 13.0 Å². The van der Waals surface area contributed by atoms with Crippen LogP contribution in [-0.4, -0.2) is 7.11 Å². The van der Waals surface area contributed by atoms with Gasteiger partial charge in [-0.1, -0.05) is 29.8 Å². The van der Waals surface area contributed by atoms with E-state index in [0.29, 0.717) is 10.8 Å². The van der Waals surface area contributed by atoms with Gasteiger partial charge in [0.25, 0.3) is 0 Å². The SMILES string of the molecule is C=C(C)C(N)c1ccc(Cl)cc1OC. The first-order chi connectivity index (χ1) is 6.56.